The van der Waals surface area contributed by atoms with Crippen molar-refractivity contribution in [3.05, 3.63) is 65.6 Å². The molecule has 1 heterocycles. The van der Waals surface area contributed by atoms with Gasteiger partial charge in [0.1, 0.15) is 12.3 Å². The van der Waals surface area contributed by atoms with Gasteiger partial charge >= 0.3 is 5.97 Å². The number of fused-ring (bicyclic) bond motifs is 1. The minimum Gasteiger partial charge on any atom is -0.494 e. The Balaban J connectivity index is 1.70. The fourth-order valence-electron chi connectivity index (χ4n) is 2.21. The van der Waals surface area contributed by atoms with E-state index in [0.29, 0.717) is 11.3 Å². The third-order valence-electron chi connectivity index (χ3n) is 3.34. The van der Waals surface area contributed by atoms with Gasteiger partial charge in [-0.25, -0.2) is 9.18 Å². The molecule has 3 aromatic rings. The Hall–Kier alpha value is -2.82. The van der Waals surface area contributed by atoms with Crippen molar-refractivity contribution in [3.63, 3.8) is 0 Å². The van der Waals surface area contributed by atoms with Gasteiger partial charge in [0.05, 0.1) is 7.11 Å². The number of methoxy groups -OCH3 is 1. The number of benzene rings is 2. The van der Waals surface area contributed by atoms with E-state index in [-0.39, 0.29) is 12.4 Å². The van der Waals surface area contributed by atoms with Gasteiger partial charge in [-0.1, -0.05) is 24.3 Å². The summed E-state index contributed by atoms with van der Waals surface area (Å²) >= 11 is 0. The lowest BCUT2D eigenvalue weighted by molar-refractivity contribution is 0.0466. The second-order valence-electron chi connectivity index (χ2n) is 4.82. The van der Waals surface area contributed by atoms with Gasteiger partial charge in [0.2, 0.25) is 0 Å². The molecule has 0 aliphatic heterocycles. The Morgan fingerprint density at radius 3 is 2.73 bits per heavy atom. The Morgan fingerprint density at radius 1 is 1.18 bits per heavy atom. The molecule has 0 atom stereocenters. The normalized spacial score (nSPS) is 10.6. The van der Waals surface area contributed by atoms with Gasteiger partial charge in [0.25, 0.3) is 0 Å². The molecular formula is C17H14FNO3. The molecule has 0 unspecified atom stereocenters. The van der Waals surface area contributed by atoms with Gasteiger partial charge in [-0.2, -0.15) is 0 Å². The molecule has 3 rings (SSSR count). The molecule has 0 saturated heterocycles. The predicted octanol–water partition coefficient (Wildman–Crippen LogP) is 3.67. The number of aromatic nitrogens is 1. The zero-order valence-corrected chi connectivity index (χ0v) is 11.9. The van der Waals surface area contributed by atoms with Crippen molar-refractivity contribution >= 4 is 16.9 Å². The maximum absolute atomic E-state index is 13.6. The quantitative estimate of drug-likeness (QED) is 0.748. The molecule has 0 spiro atoms. The van der Waals surface area contributed by atoms with Crippen molar-refractivity contribution in [1.29, 1.82) is 0 Å². The summed E-state index contributed by atoms with van der Waals surface area (Å²) in [6.07, 6.45) is 0. The fraction of sp³-hybridized carbons (Fsp3) is 0.118. The fourth-order valence-corrected chi connectivity index (χ4v) is 2.21. The number of aromatic amines is 1. The van der Waals surface area contributed by atoms with Crippen LogP contribution in [0, 0.1) is 5.82 Å². The van der Waals surface area contributed by atoms with Crippen molar-refractivity contribution in [1.82, 2.24) is 4.98 Å². The van der Waals surface area contributed by atoms with Crippen LogP contribution in [0.2, 0.25) is 0 Å². The summed E-state index contributed by atoms with van der Waals surface area (Å²) in [5, 5.41) is 0.935. The monoisotopic (exact) mass is 299 g/mol. The molecule has 0 radical (unpaired) electrons. The maximum Gasteiger partial charge on any atom is 0.355 e. The number of para-hydroxylation sites is 1. The highest BCUT2D eigenvalue weighted by Gasteiger charge is 2.11. The molecule has 0 bridgehead atoms. The number of esters is 1. The van der Waals surface area contributed by atoms with Crippen molar-refractivity contribution in [2.45, 2.75) is 6.61 Å². The summed E-state index contributed by atoms with van der Waals surface area (Å²) in [5.41, 5.74) is 1.79. The van der Waals surface area contributed by atoms with Crippen LogP contribution in [0.4, 0.5) is 4.39 Å². The first-order chi connectivity index (χ1) is 10.7. The average Bonchev–Trinajstić information content (AvgIpc) is 2.97. The largest absolute Gasteiger partial charge is 0.494 e. The van der Waals surface area contributed by atoms with Crippen molar-refractivity contribution in [3.8, 4) is 5.75 Å². The molecule has 0 fully saturated rings. The van der Waals surface area contributed by atoms with Gasteiger partial charge in [0, 0.05) is 10.9 Å². The SMILES string of the molecule is COc1ccc(COC(=O)c2cc3ccccc3[nH]2)cc1F. The number of rotatable bonds is 4. The standard InChI is InChI=1S/C17H14FNO3/c1-21-16-7-6-11(8-13(16)18)10-22-17(20)15-9-12-4-2-3-5-14(12)19-15/h2-9,19H,10H2,1H3. The minimum absolute atomic E-state index is 0.00485. The number of carbonyl (C=O) groups is 1. The van der Waals surface area contributed by atoms with Crippen molar-refractivity contribution in [2.24, 2.45) is 0 Å². The lowest BCUT2D eigenvalue weighted by atomic mass is 10.2. The van der Waals surface area contributed by atoms with Crippen molar-refractivity contribution < 1.29 is 18.7 Å². The van der Waals surface area contributed by atoms with Crippen LogP contribution in [-0.2, 0) is 11.3 Å². The van der Waals surface area contributed by atoms with Crippen LogP contribution in [0.25, 0.3) is 10.9 Å². The third-order valence-corrected chi connectivity index (χ3v) is 3.34. The van der Waals surface area contributed by atoms with Crippen LogP contribution < -0.4 is 4.74 Å². The van der Waals surface area contributed by atoms with E-state index in [0.717, 1.165) is 10.9 Å². The number of nitrogens with one attached hydrogen (secondary N) is 1. The maximum atomic E-state index is 13.6. The molecule has 4 nitrogen and oxygen atoms in total. The molecule has 2 aromatic carbocycles. The summed E-state index contributed by atoms with van der Waals surface area (Å²) in [5.74, 6) is -0.806. The van der Waals surface area contributed by atoms with Crippen LogP contribution >= 0.6 is 0 Å². The van der Waals surface area contributed by atoms with E-state index in [9.17, 15) is 9.18 Å². The molecule has 1 N–H and O–H groups in total. The average molecular weight is 299 g/mol. The number of ether oxygens (including phenoxy) is 2. The van der Waals surface area contributed by atoms with E-state index in [2.05, 4.69) is 4.98 Å². The summed E-state index contributed by atoms with van der Waals surface area (Å²) in [4.78, 5) is 15.0. The van der Waals surface area contributed by atoms with E-state index in [1.807, 2.05) is 24.3 Å². The zero-order chi connectivity index (χ0) is 15.5. The lowest BCUT2D eigenvalue weighted by Crippen LogP contribution is -2.05. The van der Waals surface area contributed by atoms with Gasteiger partial charge < -0.3 is 14.5 Å². The van der Waals surface area contributed by atoms with Gasteiger partial charge in [0.15, 0.2) is 11.6 Å². The second-order valence-corrected chi connectivity index (χ2v) is 4.82. The zero-order valence-electron chi connectivity index (χ0n) is 11.9. The second kappa shape index (κ2) is 5.89. The molecule has 0 aliphatic rings. The van der Waals surface area contributed by atoms with Gasteiger partial charge in [-0.05, 0) is 29.8 Å². The lowest BCUT2D eigenvalue weighted by Gasteiger charge is -2.06. The molecule has 5 heteroatoms. The van der Waals surface area contributed by atoms with Gasteiger partial charge in [-0.15, -0.1) is 0 Å². The number of carbonyl (C=O) groups excluding carboxylic acids is 1. The first kappa shape index (κ1) is 14.1. The minimum atomic E-state index is -0.485. The molecule has 0 aliphatic carbocycles. The van der Waals surface area contributed by atoms with Crippen LogP contribution in [0.5, 0.6) is 5.75 Å². The van der Waals surface area contributed by atoms with E-state index in [4.69, 9.17) is 9.47 Å². The Bertz CT molecular complexity index is 793. The summed E-state index contributed by atoms with van der Waals surface area (Å²) < 4.78 is 23.6. The highest BCUT2D eigenvalue weighted by Crippen LogP contribution is 2.19. The predicted molar refractivity (Wildman–Crippen MR) is 80.4 cm³/mol. The van der Waals surface area contributed by atoms with Crippen LogP contribution in [-0.4, -0.2) is 18.1 Å². The number of hydrogen-bond donors (Lipinski definition) is 1. The Morgan fingerprint density at radius 2 is 2.00 bits per heavy atom. The number of halogens is 1. The van der Waals surface area contributed by atoms with Crippen molar-refractivity contribution in [2.75, 3.05) is 7.11 Å². The molecule has 0 saturated carbocycles. The molecular weight excluding hydrogens is 285 g/mol. The van der Waals surface area contributed by atoms with Gasteiger partial charge in [-0.3, -0.25) is 0 Å². The van der Waals surface area contributed by atoms with Crippen LogP contribution in [0.3, 0.4) is 0 Å². The van der Waals surface area contributed by atoms with E-state index in [1.54, 1.807) is 12.1 Å². The van der Waals surface area contributed by atoms with Crippen LogP contribution in [0.1, 0.15) is 16.1 Å². The molecule has 112 valence electrons. The molecule has 1 aromatic heterocycles. The third kappa shape index (κ3) is 2.79. The highest BCUT2D eigenvalue weighted by atomic mass is 19.1. The topological polar surface area (TPSA) is 51.3 Å². The number of H-pyrrole nitrogens is 1. The Labute approximate surface area is 126 Å². The molecule has 0 amide bonds. The summed E-state index contributed by atoms with van der Waals surface area (Å²) in [6, 6.07) is 13.7. The van der Waals surface area contributed by atoms with Crippen LogP contribution in [0.15, 0.2) is 48.5 Å². The highest BCUT2D eigenvalue weighted by molar-refractivity contribution is 5.94. The summed E-state index contributed by atoms with van der Waals surface area (Å²) in [6.45, 7) is -0.00485. The first-order valence-electron chi connectivity index (χ1n) is 6.74. The molecule has 22 heavy (non-hydrogen) atoms. The number of hydrogen-bond acceptors (Lipinski definition) is 3. The van der Waals surface area contributed by atoms with E-state index in [1.165, 1.54) is 19.2 Å². The van der Waals surface area contributed by atoms with E-state index >= 15 is 0 Å². The first-order valence-corrected chi connectivity index (χ1v) is 6.74. The smallest absolute Gasteiger partial charge is 0.355 e. The van der Waals surface area contributed by atoms with E-state index < -0.39 is 11.8 Å². The Kier molecular flexibility index (Phi) is 3.78. The summed E-state index contributed by atoms with van der Waals surface area (Å²) in [7, 11) is 1.40.